The average molecular weight is 330 g/mol. The van der Waals surface area contributed by atoms with Crippen LogP contribution in [0.3, 0.4) is 0 Å². The van der Waals surface area contributed by atoms with Gasteiger partial charge >= 0.3 is 0 Å². The van der Waals surface area contributed by atoms with Crippen molar-refractivity contribution in [3.63, 3.8) is 0 Å². The molecule has 0 radical (unpaired) electrons. The molecule has 1 aromatic rings. The Bertz CT molecular complexity index is 357. The van der Waals surface area contributed by atoms with Crippen LogP contribution in [0.1, 0.15) is 63.3 Å². The largest absolute Gasteiger partial charge is 0.306 e. The molecule has 2 rings (SSSR count). The first-order valence-electron chi connectivity index (χ1n) is 7.20. The van der Waals surface area contributed by atoms with Crippen molar-refractivity contribution in [1.29, 1.82) is 0 Å². The van der Waals surface area contributed by atoms with Crippen molar-refractivity contribution in [3.8, 4) is 0 Å². The summed E-state index contributed by atoms with van der Waals surface area (Å²) in [7, 11) is 0. The van der Waals surface area contributed by atoms with E-state index in [1.807, 2.05) is 11.3 Å². The third kappa shape index (κ3) is 3.82. The molecule has 3 heteroatoms. The minimum absolute atomic E-state index is 0.480. The van der Waals surface area contributed by atoms with Crippen LogP contribution in [0.15, 0.2) is 15.9 Å². The number of thiophene rings is 1. The van der Waals surface area contributed by atoms with E-state index in [-0.39, 0.29) is 0 Å². The van der Waals surface area contributed by atoms with Gasteiger partial charge < -0.3 is 5.32 Å². The smallest absolute Gasteiger partial charge is 0.0388 e. The first-order chi connectivity index (χ1) is 8.70. The van der Waals surface area contributed by atoms with Crippen molar-refractivity contribution in [1.82, 2.24) is 5.32 Å². The van der Waals surface area contributed by atoms with E-state index in [1.165, 1.54) is 47.9 Å². The molecule has 2 unspecified atom stereocenters. The van der Waals surface area contributed by atoms with Gasteiger partial charge in [-0.05, 0) is 54.1 Å². The van der Waals surface area contributed by atoms with Crippen molar-refractivity contribution >= 4 is 27.3 Å². The van der Waals surface area contributed by atoms with Crippen molar-refractivity contribution in [3.05, 3.63) is 20.8 Å². The van der Waals surface area contributed by atoms with Crippen molar-refractivity contribution in [2.45, 2.75) is 64.5 Å². The Labute approximate surface area is 123 Å². The minimum atomic E-state index is 0.480. The molecule has 1 fully saturated rings. The van der Waals surface area contributed by atoms with Gasteiger partial charge in [-0.25, -0.2) is 0 Å². The third-order valence-corrected chi connectivity index (χ3v) is 6.01. The maximum absolute atomic E-state index is 3.86. The zero-order valence-corrected chi connectivity index (χ0v) is 13.8. The van der Waals surface area contributed by atoms with Crippen LogP contribution in [-0.2, 0) is 0 Å². The van der Waals surface area contributed by atoms with Gasteiger partial charge in [0.1, 0.15) is 0 Å². The molecule has 2 atom stereocenters. The maximum Gasteiger partial charge on any atom is 0.0388 e. The zero-order chi connectivity index (χ0) is 13.0. The van der Waals surface area contributed by atoms with E-state index in [4.69, 9.17) is 0 Å². The molecule has 0 aliphatic heterocycles. The highest BCUT2D eigenvalue weighted by atomic mass is 79.9. The van der Waals surface area contributed by atoms with Crippen LogP contribution in [0.5, 0.6) is 0 Å². The van der Waals surface area contributed by atoms with Gasteiger partial charge in [-0.3, -0.25) is 0 Å². The second kappa shape index (κ2) is 7.06. The van der Waals surface area contributed by atoms with E-state index in [0.717, 1.165) is 5.92 Å². The van der Waals surface area contributed by atoms with E-state index in [9.17, 15) is 0 Å². The highest BCUT2D eigenvalue weighted by Crippen LogP contribution is 2.31. The van der Waals surface area contributed by atoms with Gasteiger partial charge in [0.05, 0.1) is 0 Å². The molecule has 0 amide bonds. The minimum Gasteiger partial charge on any atom is -0.306 e. The second-order valence-corrected chi connectivity index (χ2v) is 7.33. The third-order valence-electron chi connectivity index (χ3n) is 4.14. The number of rotatable bonds is 5. The molecule has 1 saturated carbocycles. The van der Waals surface area contributed by atoms with Crippen molar-refractivity contribution in [2.75, 3.05) is 0 Å². The van der Waals surface area contributed by atoms with E-state index in [1.54, 1.807) is 0 Å². The lowest BCUT2D eigenvalue weighted by atomic mass is 9.82. The Morgan fingerprint density at radius 3 is 2.67 bits per heavy atom. The van der Waals surface area contributed by atoms with E-state index in [0.29, 0.717) is 12.1 Å². The Morgan fingerprint density at radius 1 is 1.39 bits per heavy atom. The van der Waals surface area contributed by atoms with Gasteiger partial charge in [-0.15, -0.1) is 11.3 Å². The van der Waals surface area contributed by atoms with Crippen LogP contribution < -0.4 is 5.32 Å². The summed E-state index contributed by atoms with van der Waals surface area (Å²) in [5.41, 5.74) is 0. The summed E-state index contributed by atoms with van der Waals surface area (Å²) >= 11 is 5.39. The highest BCUT2D eigenvalue weighted by molar-refractivity contribution is 9.10. The molecule has 0 saturated heterocycles. The fourth-order valence-corrected chi connectivity index (χ4v) is 4.54. The summed E-state index contributed by atoms with van der Waals surface area (Å²) in [6, 6.07) is 3.42. The molecule has 102 valence electrons. The first kappa shape index (κ1) is 14.5. The van der Waals surface area contributed by atoms with Gasteiger partial charge in [0.2, 0.25) is 0 Å². The SMILES string of the molecule is CCC(NC(C)c1cc(Br)cs1)C1CCCCC1. The lowest BCUT2D eigenvalue weighted by Gasteiger charge is -2.32. The number of halogens is 1. The molecular weight excluding hydrogens is 306 g/mol. The molecule has 1 aromatic heterocycles. The summed E-state index contributed by atoms with van der Waals surface area (Å²) in [4.78, 5) is 1.44. The lowest BCUT2D eigenvalue weighted by molar-refractivity contribution is 0.250. The van der Waals surface area contributed by atoms with Crippen LogP contribution in [0.2, 0.25) is 0 Å². The molecule has 1 heterocycles. The summed E-state index contributed by atoms with van der Waals surface area (Å²) < 4.78 is 1.21. The summed E-state index contributed by atoms with van der Waals surface area (Å²) in [6.45, 7) is 4.62. The summed E-state index contributed by atoms with van der Waals surface area (Å²) in [5.74, 6) is 0.898. The predicted molar refractivity (Wildman–Crippen MR) is 84.2 cm³/mol. The topological polar surface area (TPSA) is 12.0 Å². The summed E-state index contributed by atoms with van der Waals surface area (Å²) in [5, 5.41) is 6.03. The average Bonchev–Trinajstić information content (AvgIpc) is 2.83. The molecule has 0 aromatic carbocycles. The van der Waals surface area contributed by atoms with Crippen LogP contribution in [0.25, 0.3) is 0 Å². The van der Waals surface area contributed by atoms with E-state index >= 15 is 0 Å². The van der Waals surface area contributed by atoms with Gasteiger partial charge in [0, 0.05) is 26.8 Å². The molecule has 0 spiro atoms. The van der Waals surface area contributed by atoms with E-state index < -0.39 is 0 Å². The Hall–Kier alpha value is 0.140. The Balaban J connectivity index is 1.92. The number of hydrogen-bond acceptors (Lipinski definition) is 2. The highest BCUT2D eigenvalue weighted by Gasteiger charge is 2.23. The number of hydrogen-bond donors (Lipinski definition) is 1. The van der Waals surface area contributed by atoms with Crippen molar-refractivity contribution in [2.24, 2.45) is 5.92 Å². The maximum atomic E-state index is 3.86. The molecule has 18 heavy (non-hydrogen) atoms. The molecule has 1 aliphatic carbocycles. The van der Waals surface area contributed by atoms with Gasteiger partial charge in [0.15, 0.2) is 0 Å². The molecule has 1 N–H and O–H groups in total. The molecular formula is C15H24BrNS. The van der Waals surface area contributed by atoms with Crippen LogP contribution in [-0.4, -0.2) is 6.04 Å². The first-order valence-corrected chi connectivity index (χ1v) is 8.88. The normalized spacial score (nSPS) is 20.8. The molecule has 0 bridgehead atoms. The standard InChI is InChI=1S/C15H24BrNS/c1-3-14(12-7-5-4-6-8-12)17-11(2)15-9-13(16)10-18-15/h9-12,14,17H,3-8H2,1-2H3. The Morgan fingerprint density at radius 2 is 2.11 bits per heavy atom. The van der Waals surface area contributed by atoms with Gasteiger partial charge in [-0.2, -0.15) is 0 Å². The van der Waals surface area contributed by atoms with Crippen LogP contribution >= 0.6 is 27.3 Å². The zero-order valence-electron chi connectivity index (χ0n) is 11.4. The number of nitrogens with one attached hydrogen (secondary N) is 1. The fourth-order valence-electron chi connectivity index (χ4n) is 3.08. The lowest BCUT2D eigenvalue weighted by Crippen LogP contribution is -2.38. The predicted octanol–water partition coefficient (Wildman–Crippen LogP) is 5.52. The van der Waals surface area contributed by atoms with Crippen molar-refractivity contribution < 1.29 is 0 Å². The molecule has 1 nitrogen and oxygen atoms in total. The van der Waals surface area contributed by atoms with Gasteiger partial charge in [0.25, 0.3) is 0 Å². The van der Waals surface area contributed by atoms with Crippen LogP contribution in [0, 0.1) is 5.92 Å². The monoisotopic (exact) mass is 329 g/mol. The molecule has 1 aliphatic rings. The van der Waals surface area contributed by atoms with E-state index in [2.05, 4.69) is 46.5 Å². The fraction of sp³-hybridized carbons (Fsp3) is 0.733. The van der Waals surface area contributed by atoms with Crippen LogP contribution in [0.4, 0.5) is 0 Å². The van der Waals surface area contributed by atoms with Gasteiger partial charge in [-0.1, -0.05) is 26.2 Å². The Kier molecular flexibility index (Phi) is 5.71. The quantitative estimate of drug-likeness (QED) is 0.749. The second-order valence-electron chi connectivity index (χ2n) is 5.47. The summed E-state index contributed by atoms with van der Waals surface area (Å²) in [6.07, 6.45) is 8.41.